The van der Waals surface area contributed by atoms with Crippen molar-refractivity contribution in [3.05, 3.63) is 42.4 Å². The van der Waals surface area contributed by atoms with Crippen molar-refractivity contribution in [3.63, 3.8) is 0 Å². The lowest BCUT2D eigenvalue weighted by atomic mass is 10.1. The molecule has 2 aromatic heterocycles. The predicted molar refractivity (Wildman–Crippen MR) is 96.4 cm³/mol. The molecule has 0 saturated carbocycles. The Labute approximate surface area is 150 Å². The number of aromatic amines is 1. The third-order valence-electron chi connectivity index (χ3n) is 3.44. The third-order valence-corrected chi connectivity index (χ3v) is 3.44. The quantitative estimate of drug-likeness (QED) is 0.702. The van der Waals surface area contributed by atoms with Crippen molar-refractivity contribution in [2.45, 2.75) is 20.0 Å². The number of ether oxygens (including phenoxy) is 2. The first kappa shape index (κ1) is 17.2. The van der Waals surface area contributed by atoms with Crippen LogP contribution in [0.1, 0.15) is 19.5 Å². The summed E-state index contributed by atoms with van der Waals surface area (Å²) in [6.45, 7) is 3.93. The molecule has 8 heteroatoms. The highest BCUT2D eigenvalue weighted by Gasteiger charge is 2.16. The maximum Gasteiger partial charge on any atom is 0.158 e. The number of hydrogen-bond donors (Lipinski definition) is 2. The molecule has 132 valence electrons. The molecule has 3 rings (SSSR count). The SMILES string of the molecule is COc1cccc(OC(C)C)c1-c1cc(Nc2cnc(C#N)cn2)n[nH]1. The number of aromatic nitrogens is 4. The molecule has 2 N–H and O–H groups in total. The molecule has 0 unspecified atom stereocenters. The Hall–Kier alpha value is -3.60. The molecule has 2 heterocycles. The number of methoxy groups -OCH3 is 1. The van der Waals surface area contributed by atoms with Crippen molar-refractivity contribution in [2.24, 2.45) is 0 Å². The maximum atomic E-state index is 8.77. The Kier molecular flexibility index (Phi) is 4.99. The molecule has 0 saturated heterocycles. The number of H-pyrrole nitrogens is 1. The van der Waals surface area contributed by atoms with Crippen LogP contribution in [0.25, 0.3) is 11.3 Å². The molecule has 0 bridgehead atoms. The van der Waals surface area contributed by atoms with E-state index in [4.69, 9.17) is 14.7 Å². The molecule has 0 radical (unpaired) electrons. The summed E-state index contributed by atoms with van der Waals surface area (Å²) in [6, 6.07) is 9.38. The first-order valence-electron chi connectivity index (χ1n) is 7.99. The average molecular weight is 350 g/mol. The van der Waals surface area contributed by atoms with Crippen LogP contribution in [0.2, 0.25) is 0 Å². The molecule has 3 aromatic rings. The zero-order valence-electron chi connectivity index (χ0n) is 14.6. The van der Waals surface area contributed by atoms with Gasteiger partial charge in [-0.05, 0) is 26.0 Å². The van der Waals surface area contributed by atoms with E-state index in [2.05, 4.69) is 25.5 Å². The van der Waals surface area contributed by atoms with E-state index in [0.29, 0.717) is 23.1 Å². The highest BCUT2D eigenvalue weighted by Crippen LogP contribution is 2.38. The number of rotatable bonds is 6. The van der Waals surface area contributed by atoms with Crippen LogP contribution in [-0.4, -0.2) is 33.4 Å². The summed E-state index contributed by atoms with van der Waals surface area (Å²) in [5.41, 5.74) is 1.78. The second-order valence-corrected chi connectivity index (χ2v) is 5.69. The smallest absolute Gasteiger partial charge is 0.158 e. The molecule has 8 nitrogen and oxygen atoms in total. The van der Waals surface area contributed by atoms with Gasteiger partial charge < -0.3 is 14.8 Å². The van der Waals surface area contributed by atoms with Crippen molar-refractivity contribution >= 4 is 11.6 Å². The first-order valence-corrected chi connectivity index (χ1v) is 7.99. The second-order valence-electron chi connectivity index (χ2n) is 5.69. The fourth-order valence-electron chi connectivity index (χ4n) is 2.39. The van der Waals surface area contributed by atoms with Crippen LogP contribution in [0.15, 0.2) is 36.7 Å². The zero-order chi connectivity index (χ0) is 18.5. The number of hydrogen-bond acceptors (Lipinski definition) is 7. The van der Waals surface area contributed by atoms with Crippen LogP contribution in [0.4, 0.5) is 11.6 Å². The van der Waals surface area contributed by atoms with Gasteiger partial charge in [-0.2, -0.15) is 10.4 Å². The standard InChI is InChI=1S/C18H18N6O2/c1-11(2)26-15-6-4-5-14(25-3)18(15)13-7-16(24-23-13)22-17-10-20-12(8-19)9-21-17/h4-7,9-11H,1-3H3,(H2,21,22,23,24). The summed E-state index contributed by atoms with van der Waals surface area (Å²) < 4.78 is 11.4. The molecular formula is C18H18N6O2. The summed E-state index contributed by atoms with van der Waals surface area (Å²) in [6.07, 6.45) is 2.89. The van der Waals surface area contributed by atoms with Gasteiger partial charge >= 0.3 is 0 Å². The van der Waals surface area contributed by atoms with Gasteiger partial charge in [0.25, 0.3) is 0 Å². The molecule has 0 amide bonds. The summed E-state index contributed by atoms with van der Waals surface area (Å²) in [5, 5.41) is 19.0. The van der Waals surface area contributed by atoms with Gasteiger partial charge in [0.15, 0.2) is 11.5 Å². The van der Waals surface area contributed by atoms with Gasteiger partial charge in [0, 0.05) is 6.07 Å². The first-order chi connectivity index (χ1) is 12.6. The van der Waals surface area contributed by atoms with Crippen molar-refractivity contribution in [2.75, 3.05) is 12.4 Å². The Morgan fingerprint density at radius 1 is 1.15 bits per heavy atom. The highest BCUT2D eigenvalue weighted by atomic mass is 16.5. The summed E-state index contributed by atoms with van der Waals surface area (Å²) in [4.78, 5) is 8.09. The minimum Gasteiger partial charge on any atom is -0.496 e. The minimum absolute atomic E-state index is 0.0234. The average Bonchev–Trinajstić information content (AvgIpc) is 3.09. The van der Waals surface area contributed by atoms with Crippen LogP contribution in [0, 0.1) is 11.3 Å². The Morgan fingerprint density at radius 2 is 1.96 bits per heavy atom. The topological polar surface area (TPSA) is 109 Å². The van der Waals surface area contributed by atoms with Gasteiger partial charge in [-0.25, -0.2) is 9.97 Å². The molecule has 26 heavy (non-hydrogen) atoms. The molecule has 0 fully saturated rings. The van der Waals surface area contributed by atoms with Gasteiger partial charge in [0.05, 0.1) is 36.9 Å². The lowest BCUT2D eigenvalue weighted by Crippen LogP contribution is -2.07. The molecule has 0 atom stereocenters. The van der Waals surface area contributed by atoms with Crippen LogP contribution < -0.4 is 14.8 Å². The Balaban J connectivity index is 1.90. The van der Waals surface area contributed by atoms with Gasteiger partial charge in [0.2, 0.25) is 0 Å². The van der Waals surface area contributed by atoms with Gasteiger partial charge in [-0.15, -0.1) is 0 Å². The van der Waals surface area contributed by atoms with E-state index in [0.717, 1.165) is 11.3 Å². The number of nitrogens with zero attached hydrogens (tertiary/aromatic N) is 4. The minimum atomic E-state index is 0.0234. The van der Waals surface area contributed by atoms with Crippen LogP contribution in [-0.2, 0) is 0 Å². The van der Waals surface area contributed by atoms with E-state index >= 15 is 0 Å². The molecular weight excluding hydrogens is 332 g/mol. The Morgan fingerprint density at radius 3 is 2.62 bits per heavy atom. The van der Waals surface area contributed by atoms with Crippen LogP contribution in [0.5, 0.6) is 11.5 Å². The normalized spacial score (nSPS) is 10.4. The third kappa shape index (κ3) is 3.72. The van der Waals surface area contributed by atoms with Crippen molar-refractivity contribution in [3.8, 4) is 28.8 Å². The van der Waals surface area contributed by atoms with E-state index in [1.807, 2.05) is 44.2 Å². The molecule has 0 spiro atoms. The molecule has 0 aliphatic heterocycles. The largest absolute Gasteiger partial charge is 0.496 e. The highest BCUT2D eigenvalue weighted by molar-refractivity contribution is 5.76. The van der Waals surface area contributed by atoms with Gasteiger partial charge in [0.1, 0.15) is 23.4 Å². The van der Waals surface area contributed by atoms with E-state index < -0.39 is 0 Å². The second kappa shape index (κ2) is 7.53. The molecule has 0 aliphatic rings. The van der Waals surface area contributed by atoms with E-state index in [1.165, 1.54) is 12.4 Å². The van der Waals surface area contributed by atoms with Crippen molar-refractivity contribution in [1.82, 2.24) is 20.2 Å². The molecule has 1 aromatic carbocycles. The van der Waals surface area contributed by atoms with Gasteiger partial charge in [-0.1, -0.05) is 6.07 Å². The van der Waals surface area contributed by atoms with E-state index in [9.17, 15) is 0 Å². The van der Waals surface area contributed by atoms with Crippen molar-refractivity contribution in [1.29, 1.82) is 5.26 Å². The predicted octanol–water partition coefficient (Wildman–Crippen LogP) is 3.28. The van der Waals surface area contributed by atoms with Gasteiger partial charge in [-0.3, -0.25) is 5.10 Å². The summed E-state index contributed by atoms with van der Waals surface area (Å²) in [5.74, 6) is 2.42. The number of nitriles is 1. The maximum absolute atomic E-state index is 8.77. The number of benzene rings is 1. The zero-order valence-corrected chi connectivity index (χ0v) is 14.6. The lowest BCUT2D eigenvalue weighted by Gasteiger charge is -2.15. The Bertz CT molecular complexity index is 928. The monoisotopic (exact) mass is 350 g/mol. The van der Waals surface area contributed by atoms with Crippen molar-refractivity contribution < 1.29 is 9.47 Å². The van der Waals surface area contributed by atoms with E-state index in [1.54, 1.807) is 7.11 Å². The number of nitrogens with one attached hydrogen (secondary N) is 2. The van der Waals surface area contributed by atoms with E-state index in [-0.39, 0.29) is 11.8 Å². The summed E-state index contributed by atoms with van der Waals surface area (Å²) >= 11 is 0. The molecule has 0 aliphatic carbocycles. The van der Waals surface area contributed by atoms with Crippen LogP contribution >= 0.6 is 0 Å². The summed E-state index contributed by atoms with van der Waals surface area (Å²) in [7, 11) is 1.61. The fourth-order valence-corrected chi connectivity index (χ4v) is 2.39. The van der Waals surface area contributed by atoms with Crippen LogP contribution in [0.3, 0.4) is 0 Å². The number of anilines is 2. The lowest BCUT2D eigenvalue weighted by molar-refractivity contribution is 0.242. The fraction of sp³-hybridized carbons (Fsp3) is 0.222.